The number of nitrogens with one attached hydrogen (secondary N) is 1. The third-order valence-corrected chi connectivity index (χ3v) is 5.69. The van der Waals surface area contributed by atoms with Crippen LogP contribution < -0.4 is 9.62 Å². The van der Waals surface area contributed by atoms with Crippen LogP contribution in [0.15, 0.2) is 40.7 Å². The molecule has 0 atom stereocenters. The number of nitrogens with zero attached hydrogens (tertiary/aromatic N) is 2. The van der Waals surface area contributed by atoms with Crippen molar-refractivity contribution in [2.45, 2.75) is 4.21 Å². The van der Waals surface area contributed by atoms with Gasteiger partial charge >= 0.3 is 0 Å². The second kappa shape index (κ2) is 6.53. The van der Waals surface area contributed by atoms with Crippen molar-refractivity contribution in [3.8, 4) is 0 Å². The molecule has 1 N–H and O–H groups in total. The Balaban J connectivity index is 1.90. The number of likely N-dealkylation sites (N-methyl/N-ethyl adjacent to an activating group) is 1. The van der Waals surface area contributed by atoms with Crippen molar-refractivity contribution in [3.05, 3.63) is 41.0 Å². The first-order chi connectivity index (χ1) is 9.49. The predicted octanol–water partition coefficient (Wildman–Crippen LogP) is 2.21. The Morgan fingerprint density at radius 3 is 2.65 bits per heavy atom. The molecule has 0 aliphatic carbocycles. The summed E-state index contributed by atoms with van der Waals surface area (Å²) in [5.74, 6) is 0. The maximum atomic E-state index is 11.9. The molecular weight excluding hydrogens is 318 g/mol. The molecule has 0 radical (unpaired) electrons. The molecule has 2 rings (SSSR count). The summed E-state index contributed by atoms with van der Waals surface area (Å²) in [6.45, 7) is 0.874. The molecule has 0 bridgehead atoms. The number of benzene rings is 1. The van der Waals surface area contributed by atoms with E-state index in [-0.39, 0.29) is 8.68 Å². The van der Waals surface area contributed by atoms with Gasteiger partial charge in [0.1, 0.15) is 0 Å². The number of anilines is 1. The van der Waals surface area contributed by atoms with E-state index in [1.54, 1.807) is 0 Å². The summed E-state index contributed by atoms with van der Waals surface area (Å²) in [5, 5.41) is 0. The first-order valence-electron chi connectivity index (χ1n) is 5.86. The van der Waals surface area contributed by atoms with Crippen molar-refractivity contribution in [2.24, 2.45) is 0 Å². The topological polar surface area (TPSA) is 62.3 Å². The third kappa shape index (κ3) is 3.92. The summed E-state index contributed by atoms with van der Waals surface area (Å²) in [6.07, 6.45) is 1.26. The largest absolute Gasteiger partial charge is 0.373 e. The minimum atomic E-state index is -3.52. The molecule has 5 nitrogen and oxygen atoms in total. The molecule has 0 aliphatic rings. The highest BCUT2D eigenvalue weighted by molar-refractivity contribution is 7.91. The van der Waals surface area contributed by atoms with Gasteiger partial charge in [-0.25, -0.2) is 18.1 Å². The van der Waals surface area contributed by atoms with Crippen LogP contribution in [0.3, 0.4) is 0 Å². The Bertz CT molecular complexity index is 658. The monoisotopic (exact) mass is 331 g/mol. The highest BCUT2D eigenvalue weighted by Crippen LogP contribution is 2.21. The van der Waals surface area contributed by atoms with Gasteiger partial charge in [0, 0.05) is 25.8 Å². The number of rotatable bonds is 6. The highest BCUT2D eigenvalue weighted by atomic mass is 35.5. The predicted molar refractivity (Wildman–Crippen MR) is 82.0 cm³/mol. The fourth-order valence-electron chi connectivity index (χ4n) is 1.59. The number of aromatic nitrogens is 1. The number of halogens is 1. The van der Waals surface area contributed by atoms with Crippen LogP contribution in [0.25, 0.3) is 0 Å². The van der Waals surface area contributed by atoms with Crippen LogP contribution in [-0.4, -0.2) is 33.5 Å². The van der Waals surface area contributed by atoms with E-state index in [0.29, 0.717) is 13.1 Å². The second-order valence-corrected chi connectivity index (χ2v) is 7.69. The van der Waals surface area contributed by atoms with Crippen LogP contribution >= 0.6 is 22.9 Å². The van der Waals surface area contributed by atoms with Crippen LogP contribution in [0, 0.1) is 0 Å². The summed E-state index contributed by atoms with van der Waals surface area (Å²) < 4.78 is 26.8. The average molecular weight is 332 g/mol. The fraction of sp³-hybridized carbons (Fsp3) is 0.250. The number of para-hydroxylation sites is 1. The van der Waals surface area contributed by atoms with Crippen LogP contribution in [-0.2, 0) is 10.0 Å². The minimum Gasteiger partial charge on any atom is -0.373 e. The number of sulfonamides is 1. The van der Waals surface area contributed by atoms with E-state index >= 15 is 0 Å². The number of hydrogen-bond acceptors (Lipinski definition) is 5. The van der Waals surface area contributed by atoms with Gasteiger partial charge in [-0.05, 0) is 12.1 Å². The zero-order valence-corrected chi connectivity index (χ0v) is 13.2. The van der Waals surface area contributed by atoms with E-state index < -0.39 is 10.0 Å². The fourth-order valence-corrected chi connectivity index (χ4v) is 3.95. The first-order valence-corrected chi connectivity index (χ1v) is 8.54. The lowest BCUT2D eigenvalue weighted by atomic mass is 10.3. The van der Waals surface area contributed by atoms with Crippen LogP contribution in [0.1, 0.15) is 0 Å². The lowest BCUT2D eigenvalue weighted by Gasteiger charge is -2.19. The van der Waals surface area contributed by atoms with Gasteiger partial charge in [0.15, 0.2) is 8.68 Å². The number of hydrogen-bond donors (Lipinski definition) is 1. The van der Waals surface area contributed by atoms with Crippen molar-refractivity contribution in [1.82, 2.24) is 9.71 Å². The van der Waals surface area contributed by atoms with Crippen LogP contribution in [0.2, 0.25) is 4.47 Å². The van der Waals surface area contributed by atoms with Crippen LogP contribution in [0.4, 0.5) is 5.69 Å². The van der Waals surface area contributed by atoms with Crippen molar-refractivity contribution < 1.29 is 8.42 Å². The molecule has 2 aromatic rings. The Labute approximate surface area is 127 Å². The van der Waals surface area contributed by atoms with Crippen molar-refractivity contribution >= 4 is 38.6 Å². The molecule has 1 aromatic heterocycles. The molecule has 1 heterocycles. The Morgan fingerprint density at radius 2 is 2.05 bits per heavy atom. The molecule has 0 saturated heterocycles. The van der Waals surface area contributed by atoms with Gasteiger partial charge in [-0.2, -0.15) is 0 Å². The van der Waals surface area contributed by atoms with Crippen molar-refractivity contribution in [2.75, 3.05) is 25.0 Å². The van der Waals surface area contributed by atoms with Gasteiger partial charge in [0.05, 0.1) is 6.20 Å². The van der Waals surface area contributed by atoms with Crippen LogP contribution in [0.5, 0.6) is 0 Å². The zero-order valence-electron chi connectivity index (χ0n) is 10.8. The van der Waals surface area contributed by atoms with Gasteiger partial charge in [-0.3, -0.25) is 0 Å². The van der Waals surface area contributed by atoms with Gasteiger partial charge in [-0.15, -0.1) is 0 Å². The molecule has 0 spiro atoms. The quantitative estimate of drug-likeness (QED) is 0.881. The summed E-state index contributed by atoms with van der Waals surface area (Å²) in [5.41, 5.74) is 1.03. The third-order valence-electron chi connectivity index (χ3n) is 2.66. The maximum absolute atomic E-state index is 11.9. The lowest BCUT2D eigenvalue weighted by molar-refractivity contribution is 0.583. The van der Waals surface area contributed by atoms with E-state index in [4.69, 9.17) is 11.6 Å². The Kier molecular flexibility index (Phi) is 4.98. The smallest absolute Gasteiger partial charge is 0.251 e. The standard InChI is InChI=1S/C12H14ClN3O2S2/c1-16(10-5-3-2-4-6-10)8-7-15-20(17,18)11-9-14-12(13)19-11/h2-6,9,15H,7-8H2,1H3. The normalized spacial score (nSPS) is 11.5. The van der Waals surface area contributed by atoms with Gasteiger partial charge in [0.25, 0.3) is 10.0 Å². The lowest BCUT2D eigenvalue weighted by Crippen LogP contribution is -2.32. The second-order valence-electron chi connectivity index (χ2n) is 4.09. The minimum absolute atomic E-state index is 0.130. The maximum Gasteiger partial charge on any atom is 0.251 e. The molecular formula is C12H14ClN3O2S2. The molecule has 1 aromatic carbocycles. The molecule has 0 fully saturated rings. The Hall–Kier alpha value is -1.15. The van der Waals surface area contributed by atoms with Crippen molar-refractivity contribution in [1.29, 1.82) is 0 Å². The number of thiazole rings is 1. The van der Waals surface area contributed by atoms with E-state index in [1.165, 1.54) is 6.20 Å². The van der Waals surface area contributed by atoms with Crippen molar-refractivity contribution in [3.63, 3.8) is 0 Å². The first kappa shape index (κ1) is 15.2. The SMILES string of the molecule is CN(CCNS(=O)(=O)c1cnc(Cl)s1)c1ccccc1. The van der Waals surface area contributed by atoms with Gasteiger partial charge < -0.3 is 4.90 Å². The highest BCUT2D eigenvalue weighted by Gasteiger charge is 2.17. The summed E-state index contributed by atoms with van der Waals surface area (Å²) in [6, 6.07) is 9.76. The van der Waals surface area contributed by atoms with E-state index in [9.17, 15) is 8.42 Å². The molecule has 0 unspecified atom stereocenters. The van der Waals surface area contributed by atoms with Gasteiger partial charge in [-0.1, -0.05) is 41.1 Å². The average Bonchev–Trinajstić information content (AvgIpc) is 2.87. The van der Waals surface area contributed by atoms with Gasteiger partial charge in [0.2, 0.25) is 0 Å². The zero-order chi connectivity index (χ0) is 14.6. The van der Waals surface area contributed by atoms with E-state index in [2.05, 4.69) is 9.71 Å². The molecule has 8 heteroatoms. The molecule has 0 saturated carbocycles. The summed E-state index contributed by atoms with van der Waals surface area (Å²) >= 11 is 6.58. The molecule has 0 aliphatic heterocycles. The molecule has 108 valence electrons. The summed E-state index contributed by atoms with van der Waals surface area (Å²) in [7, 11) is -1.61. The molecule has 20 heavy (non-hydrogen) atoms. The Morgan fingerprint density at radius 1 is 1.35 bits per heavy atom. The molecule has 0 amide bonds. The van der Waals surface area contributed by atoms with E-state index in [0.717, 1.165) is 17.0 Å². The van der Waals surface area contributed by atoms with E-state index in [1.807, 2.05) is 42.3 Å². The summed E-state index contributed by atoms with van der Waals surface area (Å²) in [4.78, 5) is 5.70.